The van der Waals surface area contributed by atoms with Crippen molar-refractivity contribution in [2.24, 2.45) is 0 Å². The maximum absolute atomic E-state index is 11.8. The van der Waals surface area contributed by atoms with Crippen LogP contribution in [-0.4, -0.2) is 40.3 Å². The molecule has 0 spiro atoms. The Hall–Kier alpha value is -1.59. The quantitative estimate of drug-likeness (QED) is 0.842. The van der Waals surface area contributed by atoms with Crippen LogP contribution in [-0.2, 0) is 0 Å². The van der Waals surface area contributed by atoms with Gasteiger partial charge in [0.25, 0.3) is 0 Å². The minimum absolute atomic E-state index is 0.0151. The lowest BCUT2D eigenvalue weighted by Gasteiger charge is -2.18. The van der Waals surface area contributed by atoms with Gasteiger partial charge >= 0.3 is 6.03 Å². The second kappa shape index (κ2) is 4.73. The topological polar surface area (TPSA) is 71.3 Å². The first-order valence-corrected chi connectivity index (χ1v) is 5.91. The monoisotopic (exact) mass is 238 g/mol. The van der Waals surface area contributed by atoms with Crippen molar-refractivity contribution in [3.05, 3.63) is 11.8 Å². The molecule has 0 bridgehead atoms. The molecule has 2 rings (SSSR count). The predicted molar refractivity (Wildman–Crippen MR) is 61.6 cm³/mol. The van der Waals surface area contributed by atoms with Gasteiger partial charge in [-0.05, 0) is 20.3 Å². The van der Waals surface area contributed by atoms with E-state index >= 15 is 0 Å². The van der Waals surface area contributed by atoms with Gasteiger partial charge in [-0.25, -0.2) is 4.79 Å². The van der Waals surface area contributed by atoms with Crippen LogP contribution in [0.15, 0.2) is 4.42 Å². The number of aromatic nitrogens is 2. The number of nitrogens with zero attached hydrogens (tertiary/aromatic N) is 3. The van der Waals surface area contributed by atoms with E-state index in [0.29, 0.717) is 18.3 Å². The summed E-state index contributed by atoms with van der Waals surface area (Å²) in [6, 6.07) is 0.144. The van der Waals surface area contributed by atoms with Gasteiger partial charge in [0.2, 0.25) is 11.8 Å². The summed E-state index contributed by atoms with van der Waals surface area (Å²) in [5.41, 5.74) is 0. The summed E-state index contributed by atoms with van der Waals surface area (Å²) in [7, 11) is 0. The molecule has 1 aliphatic rings. The fourth-order valence-electron chi connectivity index (χ4n) is 1.96. The lowest BCUT2D eigenvalue weighted by molar-refractivity contribution is 0.205. The Morgan fingerprint density at radius 2 is 2.29 bits per heavy atom. The maximum atomic E-state index is 11.8. The summed E-state index contributed by atoms with van der Waals surface area (Å²) in [6.07, 6.45) is 0.882. The fraction of sp³-hybridized carbons (Fsp3) is 0.727. The number of hydrogen-bond donors (Lipinski definition) is 1. The normalized spacial score (nSPS) is 20.0. The van der Waals surface area contributed by atoms with Crippen LogP contribution < -0.4 is 5.32 Å². The molecule has 0 saturated carbocycles. The van der Waals surface area contributed by atoms with Crippen LogP contribution in [0.3, 0.4) is 0 Å². The van der Waals surface area contributed by atoms with E-state index in [0.717, 1.165) is 13.0 Å². The van der Waals surface area contributed by atoms with Crippen LogP contribution in [0.25, 0.3) is 0 Å². The zero-order valence-corrected chi connectivity index (χ0v) is 10.4. The van der Waals surface area contributed by atoms with E-state index in [-0.39, 0.29) is 18.0 Å². The zero-order chi connectivity index (χ0) is 12.4. The molecule has 94 valence electrons. The molecule has 1 aromatic rings. The second-order valence-corrected chi connectivity index (χ2v) is 4.70. The molecule has 2 amide bonds. The molecule has 6 heteroatoms. The molecule has 1 aliphatic heterocycles. The third-order valence-corrected chi connectivity index (χ3v) is 2.78. The molecule has 1 fully saturated rings. The average Bonchev–Trinajstić information content (AvgIpc) is 2.84. The van der Waals surface area contributed by atoms with E-state index in [1.807, 2.05) is 13.8 Å². The van der Waals surface area contributed by atoms with Gasteiger partial charge < -0.3 is 14.6 Å². The van der Waals surface area contributed by atoms with Crippen LogP contribution >= 0.6 is 0 Å². The molecule has 1 atom stereocenters. The number of aryl methyl sites for hydroxylation is 1. The van der Waals surface area contributed by atoms with Crippen molar-refractivity contribution in [3.63, 3.8) is 0 Å². The number of likely N-dealkylation sites (tertiary alicyclic amines) is 1. The van der Waals surface area contributed by atoms with E-state index in [9.17, 15) is 4.79 Å². The number of amides is 2. The Balaban J connectivity index is 1.93. The highest BCUT2D eigenvalue weighted by molar-refractivity contribution is 5.74. The van der Waals surface area contributed by atoms with Crippen LogP contribution in [0.1, 0.15) is 38.0 Å². The first-order chi connectivity index (χ1) is 8.06. The van der Waals surface area contributed by atoms with Crippen LogP contribution in [0, 0.1) is 6.92 Å². The molecule has 0 radical (unpaired) electrons. The van der Waals surface area contributed by atoms with Crippen molar-refractivity contribution in [2.45, 2.75) is 39.2 Å². The number of hydrogen-bond acceptors (Lipinski definition) is 4. The second-order valence-electron chi connectivity index (χ2n) is 4.70. The minimum Gasteiger partial charge on any atom is -0.425 e. The third-order valence-electron chi connectivity index (χ3n) is 2.78. The SMILES string of the molecule is Cc1nnc([C@H]2CCN(C(=O)NC(C)C)C2)o1. The summed E-state index contributed by atoms with van der Waals surface area (Å²) >= 11 is 0. The Labute approximate surface area is 100 Å². The average molecular weight is 238 g/mol. The summed E-state index contributed by atoms with van der Waals surface area (Å²) in [4.78, 5) is 13.6. The largest absolute Gasteiger partial charge is 0.425 e. The zero-order valence-electron chi connectivity index (χ0n) is 10.4. The van der Waals surface area contributed by atoms with E-state index in [1.54, 1.807) is 11.8 Å². The van der Waals surface area contributed by atoms with Crippen molar-refractivity contribution >= 4 is 6.03 Å². The molecule has 0 unspecified atom stereocenters. The number of carbonyl (C=O) groups is 1. The lowest BCUT2D eigenvalue weighted by Crippen LogP contribution is -2.41. The predicted octanol–water partition coefficient (Wildman–Crippen LogP) is 1.29. The van der Waals surface area contributed by atoms with Crippen molar-refractivity contribution in [1.82, 2.24) is 20.4 Å². The number of nitrogens with one attached hydrogen (secondary N) is 1. The Bertz CT molecular complexity index is 402. The maximum Gasteiger partial charge on any atom is 0.317 e. The molecular formula is C11H18N4O2. The van der Waals surface area contributed by atoms with Gasteiger partial charge in [-0.1, -0.05) is 0 Å². The molecule has 2 heterocycles. The first-order valence-electron chi connectivity index (χ1n) is 5.91. The molecule has 17 heavy (non-hydrogen) atoms. The third kappa shape index (κ3) is 2.75. The van der Waals surface area contributed by atoms with Crippen molar-refractivity contribution < 1.29 is 9.21 Å². The molecular weight excluding hydrogens is 220 g/mol. The van der Waals surface area contributed by atoms with Crippen LogP contribution in [0.5, 0.6) is 0 Å². The smallest absolute Gasteiger partial charge is 0.317 e. The highest BCUT2D eigenvalue weighted by Gasteiger charge is 2.30. The van der Waals surface area contributed by atoms with Gasteiger partial charge in [0.1, 0.15) is 0 Å². The molecule has 0 aliphatic carbocycles. The van der Waals surface area contributed by atoms with Gasteiger partial charge in [-0.2, -0.15) is 0 Å². The van der Waals surface area contributed by atoms with Gasteiger partial charge in [0.05, 0.1) is 5.92 Å². The minimum atomic E-state index is -0.0151. The summed E-state index contributed by atoms with van der Waals surface area (Å²) in [5.74, 6) is 1.39. The summed E-state index contributed by atoms with van der Waals surface area (Å²) in [6.45, 7) is 7.07. The molecule has 1 N–H and O–H groups in total. The number of carbonyl (C=O) groups excluding carboxylic acids is 1. The molecule has 1 aromatic heterocycles. The Morgan fingerprint density at radius 3 is 2.88 bits per heavy atom. The van der Waals surface area contributed by atoms with E-state index in [2.05, 4.69) is 15.5 Å². The summed E-state index contributed by atoms with van der Waals surface area (Å²) in [5, 5.41) is 10.7. The first kappa shape index (κ1) is 11.9. The highest BCUT2D eigenvalue weighted by Crippen LogP contribution is 2.25. The number of urea groups is 1. The van der Waals surface area contributed by atoms with Crippen molar-refractivity contribution in [2.75, 3.05) is 13.1 Å². The van der Waals surface area contributed by atoms with E-state index in [4.69, 9.17) is 4.42 Å². The molecule has 1 saturated heterocycles. The van der Waals surface area contributed by atoms with Crippen LogP contribution in [0.2, 0.25) is 0 Å². The summed E-state index contributed by atoms with van der Waals surface area (Å²) < 4.78 is 5.40. The number of rotatable bonds is 2. The van der Waals surface area contributed by atoms with Crippen molar-refractivity contribution in [1.29, 1.82) is 0 Å². The fourth-order valence-corrected chi connectivity index (χ4v) is 1.96. The molecule has 0 aromatic carbocycles. The van der Waals surface area contributed by atoms with Gasteiger partial charge in [0, 0.05) is 26.1 Å². The van der Waals surface area contributed by atoms with Crippen LogP contribution in [0.4, 0.5) is 4.79 Å². The Kier molecular flexibility index (Phi) is 3.31. The van der Waals surface area contributed by atoms with Gasteiger partial charge in [0.15, 0.2) is 0 Å². The van der Waals surface area contributed by atoms with Gasteiger partial charge in [-0.15, -0.1) is 10.2 Å². The van der Waals surface area contributed by atoms with Gasteiger partial charge in [-0.3, -0.25) is 0 Å². The van der Waals surface area contributed by atoms with E-state index < -0.39 is 0 Å². The van der Waals surface area contributed by atoms with E-state index in [1.165, 1.54) is 0 Å². The standard InChI is InChI=1S/C11H18N4O2/c1-7(2)12-11(16)15-5-4-9(6-15)10-14-13-8(3)17-10/h7,9H,4-6H2,1-3H3,(H,12,16)/t9-/m0/s1. The lowest BCUT2D eigenvalue weighted by atomic mass is 10.1. The molecule has 6 nitrogen and oxygen atoms in total. The highest BCUT2D eigenvalue weighted by atomic mass is 16.4. The Morgan fingerprint density at radius 1 is 1.53 bits per heavy atom. The van der Waals surface area contributed by atoms with Crippen molar-refractivity contribution in [3.8, 4) is 0 Å².